The smallest absolute Gasteiger partial charge is 0.128 e. The third kappa shape index (κ3) is 2.27. The summed E-state index contributed by atoms with van der Waals surface area (Å²) in [5.74, 6) is -4.12. The second-order valence-electron chi connectivity index (χ2n) is 2.52. The number of pyridine rings is 1. The van der Waals surface area contributed by atoms with Gasteiger partial charge in [0.1, 0.15) is 5.82 Å². The minimum atomic E-state index is -3.70. The van der Waals surface area contributed by atoms with Gasteiger partial charge in [-0.2, -0.15) is 0 Å². The van der Waals surface area contributed by atoms with Gasteiger partial charge in [0, 0.05) is 40.1 Å². The maximum absolute atomic E-state index is 8.23. The third-order valence-electron chi connectivity index (χ3n) is 1.52. The number of hydrogen-bond acceptors (Lipinski definition) is 2. The fraction of sp³-hybridized carbons (Fsp3) is 0.545. The van der Waals surface area contributed by atoms with Crippen molar-refractivity contribution in [3.05, 3.63) is 22.8 Å². The van der Waals surface area contributed by atoms with E-state index in [1.54, 1.807) is 0 Å². The highest BCUT2D eigenvalue weighted by Crippen LogP contribution is 2.21. The number of aromatic nitrogens is 1. The maximum Gasteiger partial charge on any atom is 0.128 e. The fourth-order valence-electron chi connectivity index (χ4n) is 0.929. The molecule has 2 rings (SSSR count). The number of anilines is 1. The van der Waals surface area contributed by atoms with E-state index in [4.69, 9.17) is 16.4 Å². The first-order valence-corrected chi connectivity index (χ1v) is 4.58. The van der Waals surface area contributed by atoms with Crippen molar-refractivity contribution < 1.29 is 16.4 Å². The second kappa shape index (κ2) is 4.30. The van der Waals surface area contributed by atoms with Crippen LogP contribution >= 0.6 is 15.9 Å². The van der Waals surface area contributed by atoms with E-state index < -0.39 is 44.3 Å². The molecule has 0 spiro atoms. The molecule has 1 aromatic heterocycles. The van der Waals surface area contributed by atoms with Gasteiger partial charge >= 0.3 is 0 Å². The van der Waals surface area contributed by atoms with Crippen molar-refractivity contribution in [3.8, 4) is 0 Å². The molecule has 0 amide bonds. The zero-order valence-electron chi connectivity index (χ0n) is 19.0. The molecule has 14 heavy (non-hydrogen) atoms. The Kier molecular flexibility index (Phi) is 0.913. The van der Waals surface area contributed by atoms with Crippen LogP contribution in [0.25, 0.3) is 0 Å². The monoisotopic (exact) mass is 266 g/mol. The van der Waals surface area contributed by atoms with Gasteiger partial charge < -0.3 is 4.90 Å². The van der Waals surface area contributed by atoms with Gasteiger partial charge in [0.25, 0.3) is 0 Å². The molecule has 1 aromatic rings. The van der Waals surface area contributed by atoms with E-state index in [1.807, 2.05) is 0 Å². The van der Waals surface area contributed by atoms with E-state index in [9.17, 15) is 0 Å². The van der Waals surface area contributed by atoms with Gasteiger partial charge in [0.05, 0.1) is 0 Å². The van der Waals surface area contributed by atoms with Crippen LogP contribution in [0.15, 0.2) is 22.8 Å². The fourth-order valence-corrected chi connectivity index (χ4v) is 1.16. The normalized spacial score (nSPS) is 55.6. The SMILES string of the molecule is [2H]C([2H])([2H])C1([2H])C([2H])([2H])N(c2ccc(Br)cn2)C([2H])([2H])C([2H])([2H])C1([2H])[2H]. The van der Waals surface area contributed by atoms with Crippen LogP contribution in [0.5, 0.6) is 0 Å². The van der Waals surface area contributed by atoms with Gasteiger partial charge in [-0.1, -0.05) is 6.85 Å². The topological polar surface area (TPSA) is 16.1 Å². The van der Waals surface area contributed by atoms with Crippen LogP contribution in [-0.2, 0) is 0 Å². The maximum atomic E-state index is 8.23. The predicted molar refractivity (Wildman–Crippen MR) is 62.5 cm³/mol. The Morgan fingerprint density at radius 3 is 3.43 bits per heavy atom. The molecule has 1 aliphatic heterocycles. The van der Waals surface area contributed by atoms with Crippen LogP contribution in [0, 0.1) is 5.89 Å². The summed E-state index contributed by atoms with van der Waals surface area (Å²) in [4.78, 5) is 3.90. The van der Waals surface area contributed by atoms with Crippen LogP contribution in [-0.4, -0.2) is 18.0 Å². The molecule has 2 heterocycles. The Balaban J connectivity index is 2.90. The molecule has 1 saturated heterocycles. The molecule has 0 aromatic carbocycles. The molecule has 2 nitrogen and oxygen atoms in total. The molecule has 3 heteroatoms. The number of halogens is 1. The Labute approximate surface area is 110 Å². The molecule has 1 aliphatic rings. The van der Waals surface area contributed by atoms with E-state index in [0.717, 1.165) is 6.07 Å². The first-order chi connectivity index (χ1) is 11.4. The highest BCUT2D eigenvalue weighted by Gasteiger charge is 2.16. The van der Waals surface area contributed by atoms with Gasteiger partial charge in [-0.3, -0.25) is 0 Å². The van der Waals surface area contributed by atoms with Gasteiger partial charge in [0.2, 0.25) is 0 Å². The standard InChI is InChI=1S/C11H15BrN2/c1-9-3-2-6-14(8-9)11-5-4-10(12)7-13-11/h4-5,7,9H,2-3,6,8H2,1H3/i1D3,2D2,3D2,6D2,8D2,9D. The lowest BCUT2D eigenvalue weighted by molar-refractivity contribution is 0.444. The van der Waals surface area contributed by atoms with Gasteiger partial charge in [-0.15, -0.1) is 0 Å². The second-order valence-corrected chi connectivity index (χ2v) is 3.43. The molecule has 0 bridgehead atoms. The first kappa shape index (κ1) is 2.97. The van der Waals surface area contributed by atoms with Crippen LogP contribution in [0.1, 0.15) is 36.0 Å². The number of piperidine rings is 1. The molecular weight excluding hydrogens is 240 g/mol. The van der Waals surface area contributed by atoms with Crippen LogP contribution in [0.2, 0.25) is 0 Å². The van der Waals surface area contributed by atoms with E-state index in [1.165, 1.54) is 12.3 Å². The van der Waals surface area contributed by atoms with Crippen molar-refractivity contribution >= 4 is 21.7 Å². The van der Waals surface area contributed by atoms with Crippen molar-refractivity contribution in [2.24, 2.45) is 5.89 Å². The zero-order chi connectivity index (χ0) is 20.6. The van der Waals surface area contributed by atoms with E-state index in [0.29, 0.717) is 4.47 Å². The molecule has 0 N–H and O–H groups in total. The van der Waals surface area contributed by atoms with Gasteiger partial charge in [-0.05, 0) is 46.7 Å². The predicted octanol–water partition coefficient (Wildman–Crippen LogP) is 3.08. The lowest BCUT2D eigenvalue weighted by Gasteiger charge is -2.31. The van der Waals surface area contributed by atoms with Crippen molar-refractivity contribution in [2.75, 3.05) is 17.9 Å². The zero-order valence-corrected chi connectivity index (χ0v) is 8.59. The van der Waals surface area contributed by atoms with Crippen molar-refractivity contribution in [1.29, 1.82) is 0 Å². The minimum Gasteiger partial charge on any atom is -0.356 e. The number of rotatable bonds is 1. The summed E-state index contributed by atoms with van der Waals surface area (Å²) in [5.41, 5.74) is 0. The average molecular weight is 267 g/mol. The summed E-state index contributed by atoms with van der Waals surface area (Å²) in [5, 5.41) is 0. The minimum absolute atomic E-state index is 0.104. The number of hydrogen-bond donors (Lipinski definition) is 0. The Morgan fingerprint density at radius 1 is 1.79 bits per heavy atom. The Bertz CT molecular complexity index is 700. The first-order valence-electron chi connectivity index (χ1n) is 9.79. The van der Waals surface area contributed by atoms with Crippen LogP contribution < -0.4 is 4.90 Å². The van der Waals surface area contributed by atoms with Crippen molar-refractivity contribution in [1.82, 2.24) is 4.98 Å². The molecule has 0 aliphatic carbocycles. The summed E-state index contributed by atoms with van der Waals surface area (Å²) >= 11 is 3.09. The molecule has 1 atom stereocenters. The lowest BCUT2D eigenvalue weighted by atomic mass is 10.0. The highest BCUT2D eigenvalue weighted by molar-refractivity contribution is 9.10. The van der Waals surface area contributed by atoms with Crippen molar-refractivity contribution in [2.45, 2.75) is 19.6 Å². The molecule has 0 saturated carbocycles. The van der Waals surface area contributed by atoms with Crippen LogP contribution in [0.4, 0.5) is 5.82 Å². The molecule has 0 radical (unpaired) electrons. The van der Waals surface area contributed by atoms with Crippen molar-refractivity contribution in [3.63, 3.8) is 0 Å². The average Bonchev–Trinajstić information content (AvgIpc) is 2.45. The van der Waals surface area contributed by atoms with E-state index in [2.05, 4.69) is 20.9 Å². The summed E-state index contributed by atoms with van der Waals surface area (Å²) in [7, 11) is 0. The summed E-state index contributed by atoms with van der Waals surface area (Å²) in [6.07, 6.45) is -6.10. The largest absolute Gasteiger partial charge is 0.356 e. The molecule has 1 fully saturated rings. The third-order valence-corrected chi connectivity index (χ3v) is 1.99. The highest BCUT2D eigenvalue weighted by atomic mass is 79.9. The summed E-state index contributed by atoms with van der Waals surface area (Å²) in [6.45, 7) is -10.4. The van der Waals surface area contributed by atoms with E-state index in [-0.39, 0.29) is 4.90 Å². The van der Waals surface area contributed by atoms with Gasteiger partial charge in [0.15, 0.2) is 0 Å². The molecule has 1 unspecified atom stereocenters. The number of nitrogens with zero attached hydrogens (tertiary/aromatic N) is 2. The lowest BCUT2D eigenvalue weighted by Crippen LogP contribution is -2.34. The Morgan fingerprint density at radius 2 is 2.71 bits per heavy atom. The summed E-state index contributed by atoms with van der Waals surface area (Å²) in [6, 6.07) is 2.48. The van der Waals surface area contributed by atoms with E-state index >= 15 is 0 Å². The quantitative estimate of drug-likeness (QED) is 0.777. The van der Waals surface area contributed by atoms with Gasteiger partial charge in [-0.25, -0.2) is 4.98 Å². The molecule has 76 valence electrons. The summed E-state index contributed by atoms with van der Waals surface area (Å²) < 4.78 is 95.8. The molecular formula is C11H15BrN2. The Hall–Kier alpha value is -0.570. The van der Waals surface area contributed by atoms with Crippen LogP contribution in [0.3, 0.4) is 0 Å².